The standard InChI is InChI=1S/C30H51N3O21/c1-8(37)31-15-21(43)19(41)14(49-27(15)47)7-48-28-17(33-10(3)39)23(45)25(13(6-36)52-28)53-30-24(46)26(20(42)12(5-35)51-30)54-29-16(32-9(2)38)22(44)18(40)11(4-34)50-29/h11-30,34-36,40-47H,4-7H2,1-3H3,(H,31,37)(H,32,38)(H,33,39)/t11-,12-,13-,14-,15-,16-,17-,18-,19+,20+,21-,22-,23-,24-,25+,26+,27?,28-,29+,30+/m1/s1. The number of rotatable bonds is 13. The number of amides is 3. The van der Waals surface area contributed by atoms with Crippen LogP contribution in [-0.2, 0) is 47.5 Å². The molecule has 24 heteroatoms. The van der Waals surface area contributed by atoms with Gasteiger partial charge in [-0.1, -0.05) is 0 Å². The van der Waals surface area contributed by atoms with Crippen molar-refractivity contribution in [2.45, 2.75) is 143 Å². The van der Waals surface area contributed by atoms with Crippen LogP contribution in [0.15, 0.2) is 0 Å². The third-order valence-electron chi connectivity index (χ3n) is 9.39. The normalized spacial score (nSPS) is 45.7. The number of ether oxygens (including phenoxy) is 7. The second kappa shape index (κ2) is 19.2. The first kappa shape index (κ1) is 44.4. The van der Waals surface area contributed by atoms with Crippen molar-refractivity contribution in [1.82, 2.24) is 16.0 Å². The Bertz CT molecular complexity index is 1250. The minimum absolute atomic E-state index is 0.624. The summed E-state index contributed by atoms with van der Waals surface area (Å²) < 4.78 is 39.5. The van der Waals surface area contributed by atoms with E-state index in [1.807, 2.05) is 0 Å². The van der Waals surface area contributed by atoms with E-state index >= 15 is 0 Å². The predicted octanol–water partition coefficient (Wildman–Crippen LogP) is -9.32. The molecule has 0 spiro atoms. The number of nitrogens with one attached hydrogen (secondary N) is 3. The van der Waals surface area contributed by atoms with Crippen molar-refractivity contribution in [3.63, 3.8) is 0 Å². The predicted molar refractivity (Wildman–Crippen MR) is 169 cm³/mol. The molecule has 4 aliphatic rings. The van der Waals surface area contributed by atoms with Gasteiger partial charge >= 0.3 is 0 Å². The Hall–Kier alpha value is -2.31. The lowest BCUT2D eigenvalue weighted by molar-refractivity contribution is -0.370. The van der Waals surface area contributed by atoms with Gasteiger partial charge in [0.15, 0.2) is 25.2 Å². The van der Waals surface area contributed by atoms with E-state index in [2.05, 4.69) is 16.0 Å². The summed E-state index contributed by atoms with van der Waals surface area (Å²) in [6.45, 7) is 0.0638. The Balaban J connectivity index is 1.52. The minimum atomic E-state index is -2.02. The van der Waals surface area contributed by atoms with Crippen LogP contribution in [0.2, 0.25) is 0 Å². The summed E-state index contributed by atoms with van der Waals surface area (Å²) in [6.07, 6.45) is -29.0. The number of carbonyl (C=O) groups is 3. The van der Waals surface area contributed by atoms with Gasteiger partial charge in [0, 0.05) is 20.8 Å². The monoisotopic (exact) mass is 789 g/mol. The number of hydrogen-bond acceptors (Lipinski definition) is 21. The van der Waals surface area contributed by atoms with Gasteiger partial charge in [0.1, 0.15) is 97.5 Å². The number of aliphatic hydroxyl groups excluding tert-OH is 11. The average molecular weight is 790 g/mol. The van der Waals surface area contributed by atoms with Gasteiger partial charge in [0.25, 0.3) is 0 Å². The molecule has 1 unspecified atom stereocenters. The van der Waals surface area contributed by atoms with Crippen molar-refractivity contribution >= 4 is 17.7 Å². The van der Waals surface area contributed by atoms with Crippen molar-refractivity contribution in [1.29, 1.82) is 0 Å². The first-order chi connectivity index (χ1) is 25.4. The quantitative estimate of drug-likeness (QED) is 0.0823. The Morgan fingerprint density at radius 2 is 0.926 bits per heavy atom. The molecular weight excluding hydrogens is 738 g/mol. The maximum absolute atomic E-state index is 12.2. The highest BCUT2D eigenvalue weighted by molar-refractivity contribution is 5.74. The van der Waals surface area contributed by atoms with Gasteiger partial charge in [-0.05, 0) is 0 Å². The van der Waals surface area contributed by atoms with Gasteiger partial charge in [-0.2, -0.15) is 0 Å². The summed E-state index contributed by atoms with van der Waals surface area (Å²) in [5.41, 5.74) is 0. The lowest BCUT2D eigenvalue weighted by Crippen LogP contribution is -2.69. The summed E-state index contributed by atoms with van der Waals surface area (Å²) in [5, 5.41) is 123. The topological polar surface area (TPSA) is 374 Å². The van der Waals surface area contributed by atoms with Crippen LogP contribution in [0.25, 0.3) is 0 Å². The molecule has 0 aromatic heterocycles. The van der Waals surface area contributed by atoms with Crippen molar-refractivity contribution in [3.05, 3.63) is 0 Å². The van der Waals surface area contributed by atoms with Crippen LogP contribution in [0.1, 0.15) is 20.8 Å². The number of carbonyl (C=O) groups excluding carboxylic acids is 3. The Morgan fingerprint density at radius 3 is 1.48 bits per heavy atom. The van der Waals surface area contributed by atoms with Gasteiger partial charge < -0.3 is 105 Å². The van der Waals surface area contributed by atoms with E-state index in [-0.39, 0.29) is 0 Å². The molecule has 24 nitrogen and oxygen atoms in total. The van der Waals surface area contributed by atoms with Crippen LogP contribution in [0.5, 0.6) is 0 Å². The maximum atomic E-state index is 12.2. The van der Waals surface area contributed by atoms with Crippen LogP contribution < -0.4 is 16.0 Å². The highest BCUT2D eigenvalue weighted by Crippen LogP contribution is 2.33. The van der Waals surface area contributed by atoms with Crippen LogP contribution >= 0.6 is 0 Å². The van der Waals surface area contributed by atoms with Crippen LogP contribution in [-0.4, -0.2) is 223 Å². The molecule has 0 aromatic rings. The molecule has 0 saturated carbocycles. The maximum Gasteiger partial charge on any atom is 0.217 e. The van der Waals surface area contributed by atoms with E-state index in [1.54, 1.807) is 0 Å². The van der Waals surface area contributed by atoms with Gasteiger partial charge in [-0.3, -0.25) is 14.4 Å². The Kier molecular flexibility index (Phi) is 15.8. The number of aliphatic hydroxyl groups is 11. The molecule has 0 aromatic carbocycles. The number of hydrogen-bond donors (Lipinski definition) is 14. The largest absolute Gasteiger partial charge is 0.394 e. The summed E-state index contributed by atoms with van der Waals surface area (Å²) in [6, 6.07) is -4.39. The van der Waals surface area contributed by atoms with Crippen LogP contribution in [0.3, 0.4) is 0 Å². The van der Waals surface area contributed by atoms with E-state index in [0.29, 0.717) is 0 Å². The van der Waals surface area contributed by atoms with Gasteiger partial charge in [0.2, 0.25) is 17.7 Å². The molecule has 14 N–H and O–H groups in total. The SMILES string of the molecule is CC(=O)N[C@H]1[C@H](OC[C@H]2OC(O)[C@H](NC(C)=O)[C@@H](O)[C@H]2O)O[C@H](CO)[C@H](O[C@@H]2O[C@H](CO)[C@H](O)[C@H](O[C@@H]3O[C@H](CO)[C@@H](O)[C@H](O)[C@H]3NC(C)=O)[C@H]2O)[C@@H]1O. The van der Waals surface area contributed by atoms with Gasteiger partial charge in [-0.25, -0.2) is 0 Å². The zero-order chi connectivity index (χ0) is 40.2. The summed E-state index contributed by atoms with van der Waals surface area (Å²) in [4.78, 5) is 35.5. The first-order valence-electron chi connectivity index (χ1n) is 17.1. The fourth-order valence-corrected chi connectivity index (χ4v) is 6.65. The first-order valence-corrected chi connectivity index (χ1v) is 17.1. The van der Waals surface area contributed by atoms with E-state index < -0.39 is 167 Å². The van der Waals surface area contributed by atoms with E-state index in [0.717, 1.165) is 20.8 Å². The van der Waals surface area contributed by atoms with Gasteiger partial charge in [-0.15, -0.1) is 0 Å². The van der Waals surface area contributed by atoms with Crippen LogP contribution in [0.4, 0.5) is 0 Å². The molecule has 54 heavy (non-hydrogen) atoms. The molecule has 4 fully saturated rings. The second-order valence-electron chi connectivity index (χ2n) is 13.4. The molecule has 3 amide bonds. The molecule has 312 valence electrons. The molecule has 20 atom stereocenters. The van der Waals surface area contributed by atoms with Crippen LogP contribution in [0, 0.1) is 0 Å². The smallest absolute Gasteiger partial charge is 0.217 e. The van der Waals surface area contributed by atoms with Crippen molar-refractivity contribution < 1.29 is 104 Å². The van der Waals surface area contributed by atoms with Crippen molar-refractivity contribution in [2.75, 3.05) is 26.4 Å². The summed E-state index contributed by atoms with van der Waals surface area (Å²) in [5.74, 6) is -2.03. The lowest BCUT2D eigenvalue weighted by atomic mass is 9.94. The highest BCUT2D eigenvalue weighted by atomic mass is 16.8. The van der Waals surface area contributed by atoms with Crippen molar-refractivity contribution in [2.24, 2.45) is 0 Å². The fourth-order valence-electron chi connectivity index (χ4n) is 6.65. The zero-order valence-electron chi connectivity index (χ0n) is 29.4. The lowest BCUT2D eigenvalue weighted by Gasteiger charge is -2.49. The molecule has 4 rings (SSSR count). The second-order valence-corrected chi connectivity index (χ2v) is 13.4. The Morgan fingerprint density at radius 1 is 0.481 bits per heavy atom. The molecule has 4 heterocycles. The van der Waals surface area contributed by atoms with Crippen molar-refractivity contribution in [3.8, 4) is 0 Å². The molecular formula is C30H51N3O21. The third kappa shape index (κ3) is 9.97. The van der Waals surface area contributed by atoms with E-state index in [1.165, 1.54) is 0 Å². The summed E-state index contributed by atoms with van der Waals surface area (Å²) in [7, 11) is 0. The average Bonchev–Trinajstić information content (AvgIpc) is 3.11. The van der Waals surface area contributed by atoms with Gasteiger partial charge in [0.05, 0.1) is 26.4 Å². The highest BCUT2D eigenvalue weighted by Gasteiger charge is 2.55. The molecule has 0 bridgehead atoms. The molecule has 4 aliphatic heterocycles. The molecule has 0 radical (unpaired) electrons. The third-order valence-corrected chi connectivity index (χ3v) is 9.39. The molecule has 0 aliphatic carbocycles. The zero-order valence-corrected chi connectivity index (χ0v) is 29.4. The Labute approximate surface area is 307 Å². The molecule has 4 saturated heterocycles. The summed E-state index contributed by atoms with van der Waals surface area (Å²) >= 11 is 0. The van der Waals surface area contributed by atoms with E-state index in [4.69, 9.17) is 33.2 Å². The minimum Gasteiger partial charge on any atom is -0.394 e. The fraction of sp³-hybridized carbons (Fsp3) is 0.900. The van der Waals surface area contributed by atoms with E-state index in [9.17, 15) is 70.6 Å².